The number of nitrogens with zero attached hydrogens (tertiary/aromatic N) is 1. The highest BCUT2D eigenvalue weighted by atomic mass is 32.2. The van der Waals surface area contributed by atoms with E-state index in [0.29, 0.717) is 18.9 Å². The summed E-state index contributed by atoms with van der Waals surface area (Å²) in [5, 5.41) is 8.92. The van der Waals surface area contributed by atoms with Gasteiger partial charge in [-0.3, -0.25) is 0 Å². The largest absolute Gasteiger partial charge is 0.396 e. The Morgan fingerprint density at radius 2 is 1.95 bits per heavy atom. The molecule has 0 radical (unpaired) electrons. The van der Waals surface area contributed by atoms with Gasteiger partial charge in [-0.2, -0.15) is 4.31 Å². The lowest BCUT2D eigenvalue weighted by Crippen LogP contribution is -2.40. The molecule has 2 rings (SSSR count). The predicted molar refractivity (Wildman–Crippen MR) is 69.5 cm³/mol. The zero-order chi connectivity index (χ0) is 15.6. The van der Waals surface area contributed by atoms with Crippen LogP contribution in [0.5, 0.6) is 0 Å². The first kappa shape index (κ1) is 16.3. The number of hydrogen-bond acceptors (Lipinski definition) is 3. The van der Waals surface area contributed by atoms with E-state index in [1.165, 1.54) is 0 Å². The maximum Gasteiger partial charge on any atom is 0.246 e. The van der Waals surface area contributed by atoms with Crippen LogP contribution in [0.3, 0.4) is 0 Å². The molecule has 1 unspecified atom stereocenters. The molecular weight excluding hydrogens is 307 g/mol. The molecule has 1 heterocycles. The lowest BCUT2D eigenvalue weighted by Gasteiger charge is -2.31. The van der Waals surface area contributed by atoms with Crippen LogP contribution in [-0.2, 0) is 10.0 Å². The highest BCUT2D eigenvalue weighted by Gasteiger charge is 2.33. The third-order valence-corrected chi connectivity index (χ3v) is 5.52. The Hall–Kier alpha value is -1.12. The van der Waals surface area contributed by atoms with Crippen molar-refractivity contribution < 1.29 is 26.7 Å². The molecule has 0 bridgehead atoms. The first-order valence-electron chi connectivity index (χ1n) is 6.62. The van der Waals surface area contributed by atoms with E-state index in [0.717, 1.165) is 16.8 Å². The molecular formula is C13H16F3NO3S. The average Bonchev–Trinajstić information content (AvgIpc) is 2.45. The fraction of sp³-hybridized carbons (Fsp3) is 0.538. The standard InChI is InChI=1S/C13H16F3NO3S/c14-10-3-4-11(13(16)12(10)15)21(19,20)17-6-1-2-9(8-17)5-7-18/h3-4,9,18H,1-2,5-8H2. The van der Waals surface area contributed by atoms with E-state index in [1.807, 2.05) is 0 Å². The van der Waals surface area contributed by atoms with Crippen molar-refractivity contribution in [2.45, 2.75) is 24.2 Å². The van der Waals surface area contributed by atoms with Gasteiger partial charge in [-0.05, 0) is 37.3 Å². The molecule has 1 aliphatic rings. The quantitative estimate of drug-likeness (QED) is 0.861. The maximum atomic E-state index is 13.7. The normalized spacial score (nSPS) is 20.7. The zero-order valence-corrected chi connectivity index (χ0v) is 12.0. The van der Waals surface area contributed by atoms with Gasteiger partial charge in [-0.15, -0.1) is 0 Å². The van der Waals surface area contributed by atoms with Crippen molar-refractivity contribution in [3.8, 4) is 0 Å². The van der Waals surface area contributed by atoms with E-state index in [2.05, 4.69) is 0 Å². The van der Waals surface area contributed by atoms with Crippen molar-refractivity contribution in [1.29, 1.82) is 0 Å². The highest BCUT2D eigenvalue weighted by Crippen LogP contribution is 2.28. The third-order valence-electron chi connectivity index (χ3n) is 3.64. The van der Waals surface area contributed by atoms with Crippen LogP contribution in [0.4, 0.5) is 13.2 Å². The Labute approximate surface area is 121 Å². The molecule has 1 aliphatic heterocycles. The topological polar surface area (TPSA) is 57.6 Å². The van der Waals surface area contributed by atoms with Crippen LogP contribution in [0, 0.1) is 23.4 Å². The number of piperidine rings is 1. The zero-order valence-electron chi connectivity index (χ0n) is 11.2. The van der Waals surface area contributed by atoms with Crippen LogP contribution in [0.15, 0.2) is 17.0 Å². The maximum absolute atomic E-state index is 13.7. The molecule has 0 saturated carbocycles. The molecule has 4 nitrogen and oxygen atoms in total. The van der Waals surface area contributed by atoms with Crippen molar-refractivity contribution in [3.63, 3.8) is 0 Å². The van der Waals surface area contributed by atoms with Gasteiger partial charge < -0.3 is 5.11 Å². The molecule has 0 aliphatic carbocycles. The number of halogens is 3. The molecule has 8 heteroatoms. The third kappa shape index (κ3) is 3.22. The average molecular weight is 323 g/mol. The van der Waals surface area contributed by atoms with Gasteiger partial charge in [-0.25, -0.2) is 21.6 Å². The molecule has 1 N–H and O–H groups in total. The van der Waals surface area contributed by atoms with Crippen LogP contribution in [0.2, 0.25) is 0 Å². The summed E-state index contributed by atoms with van der Waals surface area (Å²) in [7, 11) is -4.21. The van der Waals surface area contributed by atoms with Gasteiger partial charge in [0.2, 0.25) is 10.0 Å². The summed E-state index contributed by atoms with van der Waals surface area (Å²) in [5.41, 5.74) is 0. The number of sulfonamides is 1. The molecule has 1 saturated heterocycles. The van der Waals surface area contributed by atoms with Crippen molar-refractivity contribution in [2.24, 2.45) is 5.92 Å². The molecule has 0 spiro atoms. The minimum Gasteiger partial charge on any atom is -0.396 e. The second-order valence-corrected chi connectivity index (χ2v) is 6.96. The minimum atomic E-state index is -4.21. The fourth-order valence-corrected chi connectivity index (χ4v) is 4.12. The van der Waals surface area contributed by atoms with Crippen LogP contribution in [0.1, 0.15) is 19.3 Å². The smallest absolute Gasteiger partial charge is 0.246 e. The molecule has 118 valence electrons. The Balaban J connectivity index is 2.32. The Kier molecular flexibility index (Phi) is 4.90. The second-order valence-electron chi connectivity index (χ2n) is 5.06. The van der Waals surface area contributed by atoms with Crippen LogP contribution < -0.4 is 0 Å². The van der Waals surface area contributed by atoms with E-state index < -0.39 is 32.4 Å². The Morgan fingerprint density at radius 1 is 1.24 bits per heavy atom. The molecule has 0 aromatic heterocycles. The lowest BCUT2D eigenvalue weighted by atomic mass is 9.97. The molecule has 1 fully saturated rings. The molecule has 1 aromatic carbocycles. The van der Waals surface area contributed by atoms with E-state index in [-0.39, 0.29) is 25.6 Å². The van der Waals surface area contributed by atoms with E-state index in [1.54, 1.807) is 0 Å². The number of aliphatic hydroxyl groups is 1. The summed E-state index contributed by atoms with van der Waals surface area (Å²) < 4.78 is 65.6. The first-order chi connectivity index (χ1) is 9.87. The van der Waals surface area contributed by atoms with Gasteiger partial charge >= 0.3 is 0 Å². The summed E-state index contributed by atoms with van der Waals surface area (Å²) in [4.78, 5) is -0.856. The summed E-state index contributed by atoms with van der Waals surface area (Å²) in [6.45, 7) is 0.280. The van der Waals surface area contributed by atoms with Crippen molar-refractivity contribution >= 4 is 10.0 Å². The SMILES string of the molecule is O=S(=O)(c1ccc(F)c(F)c1F)N1CCCC(CCO)C1. The number of benzene rings is 1. The van der Waals surface area contributed by atoms with Gasteiger partial charge in [0, 0.05) is 19.7 Å². The van der Waals surface area contributed by atoms with Crippen LogP contribution in [-0.4, -0.2) is 37.5 Å². The second kappa shape index (κ2) is 6.33. The van der Waals surface area contributed by atoms with Gasteiger partial charge in [-0.1, -0.05) is 0 Å². The van der Waals surface area contributed by atoms with Crippen LogP contribution >= 0.6 is 0 Å². The van der Waals surface area contributed by atoms with Gasteiger partial charge in [0.05, 0.1) is 0 Å². The molecule has 1 atom stereocenters. The first-order valence-corrected chi connectivity index (χ1v) is 8.06. The number of hydrogen-bond donors (Lipinski definition) is 1. The van der Waals surface area contributed by atoms with Gasteiger partial charge in [0.25, 0.3) is 0 Å². The fourth-order valence-electron chi connectivity index (χ4n) is 2.51. The molecule has 0 amide bonds. The number of aliphatic hydroxyl groups excluding tert-OH is 1. The van der Waals surface area contributed by atoms with Gasteiger partial charge in [0.1, 0.15) is 4.90 Å². The Morgan fingerprint density at radius 3 is 2.62 bits per heavy atom. The van der Waals surface area contributed by atoms with E-state index in [9.17, 15) is 21.6 Å². The monoisotopic (exact) mass is 323 g/mol. The Bertz CT molecular complexity index is 619. The number of rotatable bonds is 4. The lowest BCUT2D eigenvalue weighted by molar-refractivity contribution is 0.202. The summed E-state index contributed by atoms with van der Waals surface area (Å²) in [5.74, 6) is -4.94. The van der Waals surface area contributed by atoms with E-state index >= 15 is 0 Å². The molecule has 21 heavy (non-hydrogen) atoms. The van der Waals surface area contributed by atoms with Crippen molar-refractivity contribution in [1.82, 2.24) is 4.31 Å². The van der Waals surface area contributed by atoms with Crippen molar-refractivity contribution in [3.05, 3.63) is 29.6 Å². The van der Waals surface area contributed by atoms with Crippen molar-refractivity contribution in [2.75, 3.05) is 19.7 Å². The van der Waals surface area contributed by atoms with Crippen LogP contribution in [0.25, 0.3) is 0 Å². The highest BCUT2D eigenvalue weighted by molar-refractivity contribution is 7.89. The van der Waals surface area contributed by atoms with E-state index in [4.69, 9.17) is 5.11 Å². The summed E-state index contributed by atoms with van der Waals surface area (Å²) in [6, 6.07) is 1.33. The minimum absolute atomic E-state index is 0.0214. The van der Waals surface area contributed by atoms with Gasteiger partial charge in [0.15, 0.2) is 17.5 Å². The summed E-state index contributed by atoms with van der Waals surface area (Å²) >= 11 is 0. The summed E-state index contributed by atoms with van der Waals surface area (Å²) in [6.07, 6.45) is 1.80. The predicted octanol–water partition coefficient (Wildman–Crippen LogP) is 1.89. The molecule has 1 aromatic rings.